The fourth-order valence-corrected chi connectivity index (χ4v) is 11.8. The number of hydrogen-bond donors (Lipinski definition) is 3. The molecule has 3 saturated heterocycles. The maximum absolute atomic E-state index is 14.8. The molecular weight excluding hydrogens is 887 g/mol. The number of pyridine rings is 1. The highest BCUT2D eigenvalue weighted by atomic mass is 32.2. The fourth-order valence-electron chi connectivity index (χ4n) is 10.8. The summed E-state index contributed by atoms with van der Waals surface area (Å²) in [5, 5.41) is 17.6. The highest BCUT2D eigenvalue weighted by Gasteiger charge is 2.55. The van der Waals surface area contributed by atoms with Crippen LogP contribution in [0, 0.1) is 16.7 Å². The Bertz CT molecular complexity index is 2750. The van der Waals surface area contributed by atoms with Crippen LogP contribution in [0.4, 0.5) is 0 Å². The van der Waals surface area contributed by atoms with Crippen molar-refractivity contribution in [2.45, 2.75) is 111 Å². The number of methoxy groups -OCH3 is 1. The number of cyclic esters (lactones) is 1. The number of nitrogens with one attached hydrogen (secondary N) is 2. The number of amides is 3. The molecule has 3 amide bonds. The van der Waals surface area contributed by atoms with Crippen molar-refractivity contribution in [2.24, 2.45) is 16.7 Å². The quantitative estimate of drug-likeness (QED) is 0.161. The fraction of sp³-hybridized carbons (Fsp3) is 0.510. The number of phenolic OH excluding ortho intramolecular Hbond substituents is 1. The van der Waals surface area contributed by atoms with Gasteiger partial charge in [-0.1, -0.05) is 46.4 Å². The van der Waals surface area contributed by atoms with Gasteiger partial charge in [-0.3, -0.25) is 29.2 Å². The van der Waals surface area contributed by atoms with Gasteiger partial charge in [-0.05, 0) is 111 Å². The molecular formula is C51H65N7O9S. The Balaban J connectivity index is 1.20. The lowest BCUT2D eigenvalue weighted by Crippen LogP contribution is -2.62. The summed E-state index contributed by atoms with van der Waals surface area (Å²) in [6, 6.07) is 12.4. The van der Waals surface area contributed by atoms with Gasteiger partial charge >= 0.3 is 5.97 Å². The van der Waals surface area contributed by atoms with E-state index in [4.69, 9.17) is 14.5 Å². The van der Waals surface area contributed by atoms with E-state index in [-0.39, 0.29) is 62.9 Å². The van der Waals surface area contributed by atoms with Crippen molar-refractivity contribution in [1.82, 2.24) is 34.5 Å². The predicted octanol–water partition coefficient (Wildman–Crippen LogP) is 5.87. The van der Waals surface area contributed by atoms with Gasteiger partial charge in [0.2, 0.25) is 21.8 Å². The van der Waals surface area contributed by atoms with E-state index in [0.717, 1.165) is 44.4 Å². The van der Waals surface area contributed by atoms with Crippen LogP contribution in [-0.2, 0) is 58.1 Å². The minimum Gasteiger partial charge on any atom is -0.508 e. The highest BCUT2D eigenvalue weighted by molar-refractivity contribution is 7.92. The van der Waals surface area contributed by atoms with E-state index in [9.17, 15) is 32.7 Å². The van der Waals surface area contributed by atoms with Crippen molar-refractivity contribution in [3.63, 3.8) is 0 Å². The van der Waals surface area contributed by atoms with Crippen LogP contribution in [0.3, 0.4) is 0 Å². The summed E-state index contributed by atoms with van der Waals surface area (Å²) < 4.78 is 40.9. The molecule has 5 atom stereocenters. The molecule has 2 aromatic heterocycles. The Morgan fingerprint density at radius 3 is 2.56 bits per heavy atom. The van der Waals surface area contributed by atoms with Crippen LogP contribution in [0.25, 0.3) is 33.3 Å². The van der Waals surface area contributed by atoms with Gasteiger partial charge in [-0.15, -0.1) is 0 Å². The van der Waals surface area contributed by atoms with E-state index >= 15 is 0 Å². The Kier molecular flexibility index (Phi) is 13.7. The second kappa shape index (κ2) is 19.1. The van der Waals surface area contributed by atoms with Crippen LogP contribution in [0.2, 0.25) is 0 Å². The number of ether oxygens (including phenoxy) is 2. The van der Waals surface area contributed by atoms with E-state index in [2.05, 4.69) is 60.9 Å². The van der Waals surface area contributed by atoms with Crippen LogP contribution in [0.15, 0.2) is 66.7 Å². The van der Waals surface area contributed by atoms with Gasteiger partial charge in [0.15, 0.2) is 0 Å². The molecule has 4 aliphatic heterocycles. The zero-order valence-electron chi connectivity index (χ0n) is 40.2. The molecule has 17 heteroatoms. The lowest BCUT2D eigenvalue weighted by atomic mass is 9.84. The number of hydrazine groups is 1. The number of aromatic hydroxyl groups is 1. The average Bonchev–Trinajstić information content (AvgIpc) is 4.00. The summed E-state index contributed by atoms with van der Waals surface area (Å²) in [6.07, 6.45) is 3.59. The molecule has 3 fully saturated rings. The van der Waals surface area contributed by atoms with E-state index < -0.39 is 56.8 Å². The molecule has 364 valence electrons. The zero-order chi connectivity index (χ0) is 48.9. The maximum atomic E-state index is 14.8. The van der Waals surface area contributed by atoms with Crippen LogP contribution < -0.4 is 10.7 Å². The summed E-state index contributed by atoms with van der Waals surface area (Å²) in [6.45, 7) is 16.7. The number of fused-ring (bicyclic) bond motifs is 6. The summed E-state index contributed by atoms with van der Waals surface area (Å²) in [4.78, 5) is 64.1. The number of nitrogens with zero attached hydrogens (tertiary/aromatic N) is 5. The number of esters is 1. The third kappa shape index (κ3) is 9.29. The number of aromatic nitrogens is 2. The molecule has 4 aromatic rings. The Hall–Kier alpha value is -5.62. The van der Waals surface area contributed by atoms with Crippen molar-refractivity contribution in [3.05, 3.63) is 83.5 Å². The molecule has 6 bridgehead atoms. The number of rotatable bonds is 10. The average molecular weight is 952 g/mol. The SMILES string of the molecule is C=CS(=O)(=O)N1CCC2(CCN(C(C(=O)N[C@H]3Cc4cc(O)cc(c4)-c4ccc5c(c4)c(c(-c4cccnc4[C@H](C)OC)n5CC)CC(C)(C)COC(=O)[C@@H]4CCCN(N4)C3=O)C(C)C)C2=O)C1. The second-order valence-electron chi connectivity index (χ2n) is 20.0. The van der Waals surface area contributed by atoms with Gasteiger partial charge in [-0.2, -0.15) is 4.31 Å². The summed E-state index contributed by atoms with van der Waals surface area (Å²) in [5.74, 6) is -2.23. The number of carbonyl (C=O) groups excluding carboxylic acids is 4. The first-order valence-corrected chi connectivity index (χ1v) is 25.3. The molecule has 4 aliphatic rings. The third-order valence-corrected chi connectivity index (χ3v) is 15.8. The van der Waals surface area contributed by atoms with Gasteiger partial charge in [0, 0.05) is 79.7 Å². The predicted molar refractivity (Wildman–Crippen MR) is 258 cm³/mol. The van der Waals surface area contributed by atoms with Crippen LogP contribution in [0.5, 0.6) is 5.75 Å². The largest absolute Gasteiger partial charge is 0.508 e. The van der Waals surface area contributed by atoms with Crippen LogP contribution in [0.1, 0.15) is 90.2 Å². The number of aryl methyl sites for hydroxylation is 1. The monoisotopic (exact) mass is 951 g/mol. The standard InChI is InChI=1S/C51H65N7O9S/c1-9-56-42-16-15-34-27-38(42)39(45(56)37-13-11-19-52-43(37)32(5)66-8)28-50(6,7)30-67-48(62)40-14-12-20-58(54-40)47(61)41(25-33-23-35(34)26-36(59)24-33)53-46(60)44(31(3)4)57-22-18-51(49(57)63)17-21-55(29-51)68(64,65)10-2/h10-11,13,15-16,19,23-24,26-27,31-32,40-41,44,54,59H,2,9,12,14,17-18,20-22,25,28-30H2,1,3-8H3,(H,53,60)/t32-,40-,41-,44?,51?/m0/s1. The first-order valence-electron chi connectivity index (χ1n) is 23.7. The van der Waals surface area contributed by atoms with Gasteiger partial charge in [0.1, 0.15) is 23.9 Å². The first kappa shape index (κ1) is 48.8. The molecule has 2 unspecified atom stereocenters. The molecule has 6 heterocycles. The van der Waals surface area contributed by atoms with Crippen molar-refractivity contribution >= 4 is 44.6 Å². The minimum atomic E-state index is -3.74. The normalized spacial score (nSPS) is 23.5. The molecule has 3 N–H and O–H groups in total. The van der Waals surface area contributed by atoms with Crippen molar-refractivity contribution < 1.29 is 42.2 Å². The second-order valence-corrected chi connectivity index (χ2v) is 21.9. The number of hydrogen-bond acceptors (Lipinski definition) is 11. The summed E-state index contributed by atoms with van der Waals surface area (Å²) >= 11 is 0. The number of carbonyl (C=O) groups is 4. The number of phenols is 1. The van der Waals surface area contributed by atoms with Gasteiger partial charge in [-0.25, -0.2) is 13.8 Å². The molecule has 0 saturated carbocycles. The van der Waals surface area contributed by atoms with Crippen molar-refractivity contribution in [1.29, 1.82) is 0 Å². The molecule has 0 aliphatic carbocycles. The third-order valence-electron chi connectivity index (χ3n) is 14.4. The molecule has 68 heavy (non-hydrogen) atoms. The Labute approximate surface area is 399 Å². The molecule has 1 spiro atoms. The lowest BCUT2D eigenvalue weighted by Gasteiger charge is -2.37. The van der Waals surface area contributed by atoms with Crippen LogP contribution >= 0.6 is 0 Å². The molecule has 0 radical (unpaired) electrons. The molecule has 16 nitrogen and oxygen atoms in total. The van der Waals surface area contributed by atoms with E-state index in [1.807, 2.05) is 39.0 Å². The van der Waals surface area contributed by atoms with Crippen molar-refractivity contribution in [3.8, 4) is 28.1 Å². The van der Waals surface area contributed by atoms with E-state index in [1.165, 1.54) is 14.2 Å². The smallest absolute Gasteiger partial charge is 0.324 e. The van der Waals surface area contributed by atoms with Gasteiger partial charge in [0.25, 0.3) is 5.91 Å². The van der Waals surface area contributed by atoms with Crippen LogP contribution in [-0.4, -0.2) is 119 Å². The Morgan fingerprint density at radius 2 is 1.84 bits per heavy atom. The number of likely N-dealkylation sites (tertiary alicyclic amines) is 1. The number of benzene rings is 2. The van der Waals surface area contributed by atoms with Gasteiger partial charge in [0.05, 0.1) is 29.5 Å². The van der Waals surface area contributed by atoms with Crippen molar-refractivity contribution in [2.75, 3.05) is 39.9 Å². The van der Waals surface area contributed by atoms with E-state index in [0.29, 0.717) is 49.8 Å². The van der Waals surface area contributed by atoms with Gasteiger partial charge < -0.3 is 29.4 Å². The highest BCUT2D eigenvalue weighted by Crippen LogP contribution is 2.44. The molecule has 8 rings (SSSR count). The topological polar surface area (TPSA) is 193 Å². The summed E-state index contributed by atoms with van der Waals surface area (Å²) in [7, 11) is -2.08. The minimum absolute atomic E-state index is 0.00470. The Morgan fingerprint density at radius 1 is 1.07 bits per heavy atom. The number of sulfonamides is 1. The first-order chi connectivity index (χ1) is 32.3. The zero-order valence-corrected chi connectivity index (χ0v) is 41.0. The summed E-state index contributed by atoms with van der Waals surface area (Å²) in [5.41, 5.74) is 8.46. The van der Waals surface area contributed by atoms with E-state index in [1.54, 1.807) is 25.4 Å². The lowest BCUT2D eigenvalue weighted by molar-refractivity contribution is -0.155. The molecule has 2 aromatic carbocycles. The maximum Gasteiger partial charge on any atom is 0.324 e.